The SMILES string of the molecule is CCNC(=O)C(C)c1ccc(-c2cnc(Cl)nc2)cc1. The Morgan fingerprint density at radius 3 is 2.35 bits per heavy atom. The van der Waals surface area contributed by atoms with E-state index in [4.69, 9.17) is 11.6 Å². The molecule has 2 aromatic rings. The van der Waals surface area contributed by atoms with Gasteiger partial charge in [-0.2, -0.15) is 0 Å². The van der Waals surface area contributed by atoms with Crippen molar-refractivity contribution in [3.05, 3.63) is 47.5 Å². The van der Waals surface area contributed by atoms with Gasteiger partial charge in [0.1, 0.15) is 0 Å². The van der Waals surface area contributed by atoms with Gasteiger partial charge in [0, 0.05) is 24.5 Å². The molecule has 1 amide bonds. The van der Waals surface area contributed by atoms with Crippen molar-refractivity contribution in [2.75, 3.05) is 6.54 Å². The van der Waals surface area contributed by atoms with Crippen LogP contribution in [0.25, 0.3) is 11.1 Å². The van der Waals surface area contributed by atoms with E-state index in [2.05, 4.69) is 15.3 Å². The number of hydrogen-bond donors (Lipinski definition) is 1. The van der Waals surface area contributed by atoms with Gasteiger partial charge in [0.05, 0.1) is 5.92 Å². The summed E-state index contributed by atoms with van der Waals surface area (Å²) >= 11 is 5.66. The topological polar surface area (TPSA) is 54.9 Å². The fourth-order valence-corrected chi connectivity index (χ4v) is 2.00. The predicted molar refractivity (Wildman–Crippen MR) is 79.6 cm³/mol. The lowest BCUT2D eigenvalue weighted by molar-refractivity contribution is -0.122. The zero-order valence-corrected chi connectivity index (χ0v) is 12.2. The van der Waals surface area contributed by atoms with Gasteiger partial charge in [0.25, 0.3) is 0 Å². The summed E-state index contributed by atoms with van der Waals surface area (Å²) in [6, 6.07) is 7.81. The average molecular weight is 290 g/mol. The van der Waals surface area contributed by atoms with Crippen LogP contribution in [0.1, 0.15) is 25.3 Å². The van der Waals surface area contributed by atoms with Crippen molar-refractivity contribution >= 4 is 17.5 Å². The normalized spacial score (nSPS) is 11.9. The number of aromatic nitrogens is 2. The van der Waals surface area contributed by atoms with Crippen LogP contribution >= 0.6 is 11.6 Å². The Bertz CT molecular complexity index is 581. The fourth-order valence-electron chi connectivity index (χ4n) is 1.90. The lowest BCUT2D eigenvalue weighted by Gasteiger charge is -2.12. The second-order valence-corrected chi connectivity index (χ2v) is 4.82. The smallest absolute Gasteiger partial charge is 0.227 e. The number of likely N-dealkylation sites (N-methyl/N-ethyl adjacent to an activating group) is 1. The van der Waals surface area contributed by atoms with Gasteiger partial charge in [-0.3, -0.25) is 4.79 Å². The summed E-state index contributed by atoms with van der Waals surface area (Å²) < 4.78 is 0. The molecular weight excluding hydrogens is 274 g/mol. The molecular formula is C15H16ClN3O. The number of rotatable bonds is 4. The van der Waals surface area contributed by atoms with Crippen molar-refractivity contribution in [1.82, 2.24) is 15.3 Å². The van der Waals surface area contributed by atoms with Crippen molar-refractivity contribution in [1.29, 1.82) is 0 Å². The molecule has 1 aromatic heterocycles. The standard InChI is InChI=1S/C15H16ClN3O/c1-3-17-14(20)10(2)11-4-6-12(7-5-11)13-8-18-15(16)19-9-13/h4-10H,3H2,1-2H3,(H,17,20). The summed E-state index contributed by atoms with van der Waals surface area (Å²) in [5, 5.41) is 3.05. The molecule has 20 heavy (non-hydrogen) atoms. The van der Waals surface area contributed by atoms with E-state index in [1.165, 1.54) is 0 Å². The minimum absolute atomic E-state index is 0.0371. The number of carbonyl (C=O) groups excluding carboxylic acids is 1. The van der Waals surface area contributed by atoms with E-state index >= 15 is 0 Å². The Hall–Kier alpha value is -1.94. The molecule has 5 heteroatoms. The maximum absolute atomic E-state index is 11.8. The molecule has 0 radical (unpaired) electrons. The van der Waals surface area contributed by atoms with Gasteiger partial charge >= 0.3 is 0 Å². The fraction of sp³-hybridized carbons (Fsp3) is 0.267. The van der Waals surface area contributed by atoms with Crippen LogP contribution in [0.2, 0.25) is 5.28 Å². The first kappa shape index (κ1) is 14.5. The van der Waals surface area contributed by atoms with Crippen LogP contribution in [0.5, 0.6) is 0 Å². The molecule has 0 spiro atoms. The molecule has 1 aromatic carbocycles. The molecule has 1 N–H and O–H groups in total. The maximum atomic E-state index is 11.8. The van der Waals surface area contributed by atoms with E-state index < -0.39 is 0 Å². The number of hydrogen-bond acceptors (Lipinski definition) is 3. The summed E-state index contributed by atoms with van der Waals surface area (Å²) in [5.74, 6) is -0.124. The second kappa shape index (κ2) is 6.48. The van der Waals surface area contributed by atoms with Crippen LogP contribution < -0.4 is 5.32 Å². The molecule has 4 nitrogen and oxygen atoms in total. The highest BCUT2D eigenvalue weighted by molar-refractivity contribution is 6.28. The third kappa shape index (κ3) is 3.33. The third-order valence-corrected chi connectivity index (χ3v) is 3.30. The lowest BCUT2D eigenvalue weighted by atomic mass is 9.98. The van der Waals surface area contributed by atoms with Crippen molar-refractivity contribution < 1.29 is 4.79 Å². The van der Waals surface area contributed by atoms with Crippen molar-refractivity contribution in [3.8, 4) is 11.1 Å². The maximum Gasteiger partial charge on any atom is 0.227 e. The highest BCUT2D eigenvalue weighted by Gasteiger charge is 2.14. The molecule has 0 saturated heterocycles. The number of halogens is 1. The van der Waals surface area contributed by atoms with E-state index in [1.807, 2.05) is 38.1 Å². The van der Waals surface area contributed by atoms with Crippen LogP contribution in [-0.2, 0) is 4.79 Å². The van der Waals surface area contributed by atoms with Crippen LogP contribution in [0, 0.1) is 0 Å². The highest BCUT2D eigenvalue weighted by atomic mass is 35.5. The van der Waals surface area contributed by atoms with Crippen LogP contribution in [0.4, 0.5) is 0 Å². The van der Waals surface area contributed by atoms with E-state index in [-0.39, 0.29) is 17.1 Å². The zero-order valence-electron chi connectivity index (χ0n) is 11.4. The summed E-state index contributed by atoms with van der Waals surface area (Å²) in [7, 11) is 0. The quantitative estimate of drug-likeness (QED) is 0.880. The Morgan fingerprint density at radius 1 is 1.20 bits per heavy atom. The number of nitrogens with zero attached hydrogens (tertiary/aromatic N) is 2. The summed E-state index contributed by atoms with van der Waals surface area (Å²) in [6.45, 7) is 4.45. The molecule has 0 aliphatic heterocycles. The summed E-state index contributed by atoms with van der Waals surface area (Å²) in [6.07, 6.45) is 3.36. The van der Waals surface area contributed by atoms with Gasteiger partial charge in [0.2, 0.25) is 11.2 Å². The monoisotopic (exact) mass is 289 g/mol. The van der Waals surface area contributed by atoms with Gasteiger partial charge in [-0.15, -0.1) is 0 Å². The first-order valence-electron chi connectivity index (χ1n) is 6.47. The Balaban J connectivity index is 2.17. The van der Waals surface area contributed by atoms with E-state index in [1.54, 1.807) is 12.4 Å². The Labute approximate surface area is 123 Å². The Kier molecular flexibility index (Phi) is 4.69. The van der Waals surface area contributed by atoms with Gasteiger partial charge in [-0.1, -0.05) is 24.3 Å². The highest BCUT2D eigenvalue weighted by Crippen LogP contribution is 2.22. The van der Waals surface area contributed by atoms with Gasteiger partial charge < -0.3 is 5.32 Å². The van der Waals surface area contributed by atoms with Gasteiger partial charge in [0.15, 0.2) is 0 Å². The number of nitrogens with one attached hydrogen (secondary N) is 1. The van der Waals surface area contributed by atoms with E-state index in [9.17, 15) is 4.79 Å². The van der Waals surface area contributed by atoms with Gasteiger partial charge in [-0.25, -0.2) is 9.97 Å². The minimum atomic E-state index is -0.162. The lowest BCUT2D eigenvalue weighted by Crippen LogP contribution is -2.27. The first-order valence-corrected chi connectivity index (χ1v) is 6.85. The molecule has 0 fully saturated rings. The van der Waals surface area contributed by atoms with Crippen LogP contribution in [-0.4, -0.2) is 22.4 Å². The molecule has 104 valence electrons. The molecule has 0 aliphatic rings. The summed E-state index contributed by atoms with van der Waals surface area (Å²) in [5.41, 5.74) is 2.87. The largest absolute Gasteiger partial charge is 0.356 e. The molecule has 0 aliphatic carbocycles. The minimum Gasteiger partial charge on any atom is -0.356 e. The molecule has 0 bridgehead atoms. The number of benzene rings is 1. The van der Waals surface area contributed by atoms with Crippen LogP contribution in [0.3, 0.4) is 0 Å². The molecule has 1 unspecified atom stereocenters. The van der Waals surface area contributed by atoms with Crippen molar-refractivity contribution in [2.45, 2.75) is 19.8 Å². The molecule has 1 heterocycles. The predicted octanol–water partition coefficient (Wildman–Crippen LogP) is 3.04. The average Bonchev–Trinajstić information content (AvgIpc) is 2.48. The van der Waals surface area contributed by atoms with Crippen LogP contribution in [0.15, 0.2) is 36.7 Å². The second-order valence-electron chi connectivity index (χ2n) is 4.48. The molecule has 1 atom stereocenters. The van der Waals surface area contributed by atoms with Crippen molar-refractivity contribution in [3.63, 3.8) is 0 Å². The Morgan fingerprint density at radius 2 is 1.80 bits per heavy atom. The molecule has 0 saturated carbocycles. The summed E-state index contributed by atoms with van der Waals surface area (Å²) in [4.78, 5) is 19.7. The first-order chi connectivity index (χ1) is 9.61. The van der Waals surface area contributed by atoms with Crippen molar-refractivity contribution in [2.24, 2.45) is 0 Å². The van der Waals surface area contributed by atoms with E-state index in [0.29, 0.717) is 6.54 Å². The van der Waals surface area contributed by atoms with E-state index in [0.717, 1.165) is 16.7 Å². The number of carbonyl (C=O) groups is 1. The number of amides is 1. The molecule has 2 rings (SSSR count). The van der Waals surface area contributed by atoms with Gasteiger partial charge in [-0.05, 0) is 36.6 Å². The zero-order chi connectivity index (χ0) is 14.5. The third-order valence-electron chi connectivity index (χ3n) is 3.11.